The third kappa shape index (κ3) is 3.33. The predicted molar refractivity (Wildman–Crippen MR) is 77.0 cm³/mol. The van der Waals surface area contributed by atoms with Gasteiger partial charge >= 0.3 is 5.97 Å². The van der Waals surface area contributed by atoms with Crippen LogP contribution in [0, 0.1) is 6.92 Å². The first-order chi connectivity index (χ1) is 9.11. The van der Waals surface area contributed by atoms with E-state index in [0.717, 1.165) is 5.75 Å². The normalized spacial score (nSPS) is 10.6. The van der Waals surface area contributed by atoms with Crippen molar-refractivity contribution < 1.29 is 9.90 Å². The van der Waals surface area contributed by atoms with Gasteiger partial charge in [0.15, 0.2) is 0 Å². The molecule has 0 unspecified atom stereocenters. The fourth-order valence-corrected chi connectivity index (χ4v) is 3.44. The zero-order valence-corrected chi connectivity index (χ0v) is 12.3. The maximum atomic E-state index is 11.3. The third-order valence-corrected chi connectivity index (χ3v) is 4.37. The minimum absolute atomic E-state index is 0.220. The zero-order chi connectivity index (χ0) is 13.8. The summed E-state index contributed by atoms with van der Waals surface area (Å²) in [6.45, 7) is 3.68. The van der Waals surface area contributed by atoms with Crippen LogP contribution >= 0.6 is 23.1 Å². The molecule has 0 aliphatic heterocycles. The van der Waals surface area contributed by atoms with E-state index in [4.69, 9.17) is 0 Å². The van der Waals surface area contributed by atoms with Crippen LogP contribution in [0.1, 0.15) is 34.4 Å². The van der Waals surface area contributed by atoms with E-state index in [9.17, 15) is 9.90 Å². The maximum Gasteiger partial charge on any atom is 0.340 e. The Balaban J connectivity index is 2.30. The molecule has 0 aromatic carbocycles. The number of thiophene rings is 1. The molecular formula is C13H14N2O2S2. The van der Waals surface area contributed by atoms with E-state index in [1.165, 1.54) is 17.3 Å². The van der Waals surface area contributed by atoms with Crippen LogP contribution in [0.5, 0.6) is 0 Å². The number of rotatable bonds is 5. The summed E-state index contributed by atoms with van der Waals surface area (Å²) in [7, 11) is 0. The van der Waals surface area contributed by atoms with Crippen molar-refractivity contribution in [3.63, 3.8) is 0 Å². The fraction of sp³-hybridized carbons (Fsp3) is 0.308. The van der Waals surface area contributed by atoms with E-state index in [2.05, 4.69) is 15.3 Å². The molecule has 0 aliphatic rings. The highest BCUT2D eigenvalue weighted by molar-refractivity contribution is 7.98. The molecule has 2 aromatic rings. The second-order valence-electron chi connectivity index (χ2n) is 3.98. The van der Waals surface area contributed by atoms with Gasteiger partial charge in [-0.1, -0.05) is 6.92 Å². The van der Waals surface area contributed by atoms with Crippen LogP contribution in [0.15, 0.2) is 21.9 Å². The van der Waals surface area contributed by atoms with Crippen molar-refractivity contribution in [2.75, 3.05) is 0 Å². The van der Waals surface area contributed by atoms with E-state index in [0.29, 0.717) is 23.0 Å². The molecule has 2 aromatic heterocycles. The van der Waals surface area contributed by atoms with Gasteiger partial charge in [0.25, 0.3) is 0 Å². The highest BCUT2D eigenvalue weighted by atomic mass is 32.2. The first-order valence-electron chi connectivity index (χ1n) is 5.86. The minimum Gasteiger partial charge on any atom is -0.478 e. The average Bonchev–Trinajstić information content (AvgIpc) is 2.88. The number of carboxylic acid groups (broad SMARTS) is 1. The molecule has 100 valence electrons. The first-order valence-corrected chi connectivity index (χ1v) is 7.79. The molecule has 0 radical (unpaired) electrons. The number of aryl methyl sites for hydroxylation is 2. The second-order valence-corrected chi connectivity index (χ2v) is 5.73. The molecule has 0 saturated carbocycles. The van der Waals surface area contributed by atoms with Crippen LogP contribution in [-0.2, 0) is 12.2 Å². The minimum atomic E-state index is -0.965. The summed E-state index contributed by atoms with van der Waals surface area (Å²) in [6.07, 6.45) is 0.701. The van der Waals surface area contributed by atoms with Gasteiger partial charge in [-0.2, -0.15) is 11.3 Å². The molecule has 4 nitrogen and oxygen atoms in total. The van der Waals surface area contributed by atoms with Gasteiger partial charge in [-0.05, 0) is 29.3 Å². The fourth-order valence-electron chi connectivity index (χ4n) is 1.64. The Hall–Kier alpha value is -1.40. The highest BCUT2D eigenvalue weighted by Crippen LogP contribution is 2.27. The molecule has 0 fully saturated rings. The summed E-state index contributed by atoms with van der Waals surface area (Å²) in [6, 6.07) is 2.03. The molecule has 19 heavy (non-hydrogen) atoms. The SMILES string of the molecule is CCc1nc(C)c(C(=O)O)c(SCc2ccsc2)n1. The van der Waals surface area contributed by atoms with Crippen molar-refractivity contribution in [1.82, 2.24) is 9.97 Å². The molecule has 1 N–H and O–H groups in total. The molecule has 6 heteroatoms. The Kier molecular flexibility index (Phi) is 4.55. The number of carbonyl (C=O) groups is 1. The van der Waals surface area contributed by atoms with Crippen LogP contribution in [0.2, 0.25) is 0 Å². The summed E-state index contributed by atoms with van der Waals surface area (Å²) >= 11 is 3.09. The topological polar surface area (TPSA) is 63.1 Å². The van der Waals surface area contributed by atoms with Crippen molar-refractivity contribution in [1.29, 1.82) is 0 Å². The summed E-state index contributed by atoms with van der Waals surface area (Å²) < 4.78 is 0. The molecule has 0 saturated heterocycles. The smallest absolute Gasteiger partial charge is 0.340 e. The van der Waals surface area contributed by atoms with Gasteiger partial charge in [-0.3, -0.25) is 0 Å². The number of nitrogens with zero attached hydrogens (tertiary/aromatic N) is 2. The largest absolute Gasteiger partial charge is 0.478 e. The van der Waals surface area contributed by atoms with Crippen LogP contribution in [0.25, 0.3) is 0 Å². The Morgan fingerprint density at radius 1 is 1.47 bits per heavy atom. The lowest BCUT2D eigenvalue weighted by atomic mass is 10.2. The Bertz CT molecular complexity index is 583. The van der Waals surface area contributed by atoms with Gasteiger partial charge < -0.3 is 5.11 Å². The van der Waals surface area contributed by atoms with Gasteiger partial charge in [0.2, 0.25) is 0 Å². The second kappa shape index (κ2) is 6.16. The summed E-state index contributed by atoms with van der Waals surface area (Å²) in [5, 5.41) is 13.9. The number of aromatic carboxylic acids is 1. The monoisotopic (exact) mass is 294 g/mol. The predicted octanol–water partition coefficient (Wildman–Crippen LogP) is 3.40. The average molecular weight is 294 g/mol. The quantitative estimate of drug-likeness (QED) is 0.676. The van der Waals surface area contributed by atoms with Gasteiger partial charge in [0.1, 0.15) is 16.4 Å². The molecule has 2 heterocycles. The van der Waals surface area contributed by atoms with E-state index < -0.39 is 5.97 Å². The summed E-state index contributed by atoms with van der Waals surface area (Å²) in [4.78, 5) is 19.9. The lowest BCUT2D eigenvalue weighted by molar-refractivity contribution is 0.0690. The van der Waals surface area contributed by atoms with Crippen LogP contribution in [0.3, 0.4) is 0 Å². The van der Waals surface area contributed by atoms with E-state index in [-0.39, 0.29) is 5.56 Å². The lowest BCUT2D eigenvalue weighted by Gasteiger charge is -2.09. The van der Waals surface area contributed by atoms with Crippen molar-refractivity contribution in [2.45, 2.75) is 31.0 Å². The van der Waals surface area contributed by atoms with Crippen molar-refractivity contribution in [3.8, 4) is 0 Å². The first kappa shape index (κ1) is 14.0. The van der Waals surface area contributed by atoms with E-state index in [1.807, 2.05) is 18.4 Å². The number of hydrogen-bond donors (Lipinski definition) is 1. The van der Waals surface area contributed by atoms with Gasteiger partial charge in [0, 0.05) is 12.2 Å². The lowest BCUT2D eigenvalue weighted by Crippen LogP contribution is -2.09. The Labute approximate surface area is 119 Å². The summed E-state index contributed by atoms with van der Waals surface area (Å²) in [5.74, 6) is 0.451. The zero-order valence-electron chi connectivity index (χ0n) is 10.7. The molecule has 0 spiro atoms. The number of aromatic nitrogens is 2. The van der Waals surface area contributed by atoms with Crippen molar-refractivity contribution >= 4 is 29.1 Å². The molecule has 0 atom stereocenters. The maximum absolute atomic E-state index is 11.3. The molecular weight excluding hydrogens is 280 g/mol. The van der Waals surface area contributed by atoms with Gasteiger partial charge in [0.05, 0.1) is 5.69 Å². The van der Waals surface area contributed by atoms with Crippen LogP contribution < -0.4 is 0 Å². The number of thioether (sulfide) groups is 1. The standard InChI is InChI=1S/C13H14N2O2S2/c1-3-10-14-8(2)11(13(16)17)12(15-10)19-7-9-4-5-18-6-9/h4-6H,3,7H2,1-2H3,(H,16,17). The number of hydrogen-bond acceptors (Lipinski definition) is 5. The van der Waals surface area contributed by atoms with E-state index in [1.54, 1.807) is 18.3 Å². The van der Waals surface area contributed by atoms with Crippen molar-refractivity contribution in [2.24, 2.45) is 0 Å². The van der Waals surface area contributed by atoms with Gasteiger partial charge in [-0.25, -0.2) is 14.8 Å². The molecule has 2 rings (SSSR count). The molecule has 0 aliphatic carbocycles. The number of carboxylic acids is 1. The Morgan fingerprint density at radius 3 is 2.84 bits per heavy atom. The molecule has 0 bridgehead atoms. The van der Waals surface area contributed by atoms with Crippen molar-refractivity contribution in [3.05, 3.63) is 39.5 Å². The van der Waals surface area contributed by atoms with Crippen LogP contribution in [-0.4, -0.2) is 21.0 Å². The van der Waals surface area contributed by atoms with E-state index >= 15 is 0 Å². The van der Waals surface area contributed by atoms with Gasteiger partial charge in [-0.15, -0.1) is 11.8 Å². The third-order valence-electron chi connectivity index (χ3n) is 2.59. The Morgan fingerprint density at radius 2 is 2.26 bits per heavy atom. The summed E-state index contributed by atoms with van der Waals surface area (Å²) in [5.41, 5.74) is 1.94. The van der Waals surface area contributed by atoms with Crippen LogP contribution in [0.4, 0.5) is 0 Å². The highest BCUT2D eigenvalue weighted by Gasteiger charge is 2.18. The molecule has 0 amide bonds.